The van der Waals surface area contributed by atoms with Crippen LogP contribution in [0.4, 0.5) is 4.79 Å². The van der Waals surface area contributed by atoms with Gasteiger partial charge < -0.3 is 14.4 Å². The number of rotatable bonds is 3. The van der Waals surface area contributed by atoms with Gasteiger partial charge in [0.05, 0.1) is 12.2 Å². The molecule has 0 unspecified atom stereocenters. The maximum absolute atomic E-state index is 12.4. The summed E-state index contributed by atoms with van der Waals surface area (Å²) >= 11 is 0. The van der Waals surface area contributed by atoms with E-state index >= 15 is 0 Å². The van der Waals surface area contributed by atoms with Gasteiger partial charge in [-0.25, -0.2) is 4.79 Å². The predicted octanol–water partition coefficient (Wildman–Crippen LogP) is 4.66. The number of hydrogen-bond acceptors (Lipinski definition) is 3. The highest BCUT2D eigenvalue weighted by molar-refractivity contribution is 5.69. The number of benzene rings is 2. The Labute approximate surface area is 160 Å². The highest BCUT2D eigenvalue weighted by Crippen LogP contribution is 2.36. The van der Waals surface area contributed by atoms with Crippen LogP contribution < -0.4 is 0 Å². The molecule has 0 atom stereocenters. The number of carbonyl (C=O) groups is 1. The van der Waals surface area contributed by atoms with Gasteiger partial charge in [-0.1, -0.05) is 60.7 Å². The fourth-order valence-electron chi connectivity index (χ4n) is 3.84. The maximum Gasteiger partial charge on any atom is 0.410 e. The molecular formula is C23H25NO3. The van der Waals surface area contributed by atoms with Gasteiger partial charge in [0.1, 0.15) is 6.61 Å². The van der Waals surface area contributed by atoms with Crippen LogP contribution >= 0.6 is 0 Å². The van der Waals surface area contributed by atoms with E-state index in [1.165, 1.54) is 11.1 Å². The van der Waals surface area contributed by atoms with E-state index in [1.54, 1.807) is 4.90 Å². The van der Waals surface area contributed by atoms with Crippen molar-refractivity contribution in [1.29, 1.82) is 0 Å². The maximum atomic E-state index is 12.4. The van der Waals surface area contributed by atoms with Gasteiger partial charge in [-0.05, 0) is 42.0 Å². The van der Waals surface area contributed by atoms with Crippen molar-refractivity contribution in [2.45, 2.75) is 31.5 Å². The van der Waals surface area contributed by atoms with Crippen LogP contribution in [-0.4, -0.2) is 36.3 Å². The Morgan fingerprint density at radius 3 is 2.37 bits per heavy atom. The minimum Gasteiger partial charge on any atom is -0.445 e. The van der Waals surface area contributed by atoms with E-state index in [1.807, 2.05) is 36.4 Å². The first-order chi connectivity index (χ1) is 13.2. The molecule has 1 fully saturated rings. The lowest BCUT2D eigenvalue weighted by molar-refractivity contribution is -0.0513. The normalized spacial score (nSPS) is 18.8. The molecule has 0 saturated carbocycles. The Hall–Kier alpha value is -2.59. The zero-order valence-electron chi connectivity index (χ0n) is 15.5. The number of nitrogens with zero attached hydrogens (tertiary/aromatic N) is 1. The SMILES string of the molecule is O=C(OCc1ccccc1)N1CCC2(C=C(c3ccccc3)CCO2)CC1. The molecule has 2 aromatic rings. The van der Waals surface area contributed by atoms with Crippen molar-refractivity contribution >= 4 is 11.7 Å². The van der Waals surface area contributed by atoms with Gasteiger partial charge in [-0.2, -0.15) is 0 Å². The van der Waals surface area contributed by atoms with Crippen LogP contribution in [0.15, 0.2) is 66.7 Å². The number of amides is 1. The average Bonchev–Trinajstić information content (AvgIpc) is 2.74. The second kappa shape index (κ2) is 7.97. The lowest BCUT2D eigenvalue weighted by Crippen LogP contribution is -2.48. The first-order valence-corrected chi connectivity index (χ1v) is 9.61. The van der Waals surface area contributed by atoms with Crippen LogP contribution in [0.3, 0.4) is 0 Å². The van der Waals surface area contributed by atoms with Gasteiger partial charge in [0, 0.05) is 13.1 Å². The number of likely N-dealkylation sites (tertiary alicyclic amines) is 1. The van der Waals surface area contributed by atoms with Crippen LogP contribution in [0, 0.1) is 0 Å². The zero-order valence-corrected chi connectivity index (χ0v) is 15.5. The largest absolute Gasteiger partial charge is 0.445 e. The third-order valence-electron chi connectivity index (χ3n) is 5.42. The molecule has 4 nitrogen and oxygen atoms in total. The summed E-state index contributed by atoms with van der Waals surface area (Å²) in [5, 5.41) is 0. The quantitative estimate of drug-likeness (QED) is 0.796. The summed E-state index contributed by atoms with van der Waals surface area (Å²) in [7, 11) is 0. The summed E-state index contributed by atoms with van der Waals surface area (Å²) in [5.41, 5.74) is 3.37. The fourth-order valence-corrected chi connectivity index (χ4v) is 3.84. The Morgan fingerprint density at radius 1 is 1.00 bits per heavy atom. The highest BCUT2D eigenvalue weighted by atomic mass is 16.6. The van der Waals surface area contributed by atoms with Crippen LogP contribution in [0.5, 0.6) is 0 Å². The van der Waals surface area contributed by atoms with Crippen molar-refractivity contribution in [3.8, 4) is 0 Å². The molecule has 0 N–H and O–H groups in total. The lowest BCUT2D eigenvalue weighted by Gasteiger charge is -2.42. The van der Waals surface area contributed by atoms with E-state index in [9.17, 15) is 4.79 Å². The van der Waals surface area contributed by atoms with E-state index in [4.69, 9.17) is 9.47 Å². The third-order valence-corrected chi connectivity index (χ3v) is 5.42. The molecule has 2 aliphatic rings. The van der Waals surface area contributed by atoms with E-state index in [0.717, 1.165) is 31.4 Å². The molecule has 140 valence electrons. The minimum atomic E-state index is -0.250. The van der Waals surface area contributed by atoms with Crippen molar-refractivity contribution in [2.24, 2.45) is 0 Å². The van der Waals surface area contributed by atoms with Crippen LogP contribution in [0.2, 0.25) is 0 Å². The van der Waals surface area contributed by atoms with Gasteiger partial charge in [-0.15, -0.1) is 0 Å². The van der Waals surface area contributed by atoms with Crippen molar-refractivity contribution in [3.63, 3.8) is 0 Å². The molecule has 2 aliphatic heterocycles. The molecule has 2 aromatic carbocycles. The summed E-state index contributed by atoms with van der Waals surface area (Å²) < 4.78 is 11.6. The van der Waals surface area contributed by atoms with E-state index in [0.29, 0.717) is 19.7 Å². The Balaban J connectivity index is 1.36. The van der Waals surface area contributed by atoms with Crippen LogP contribution in [-0.2, 0) is 16.1 Å². The third kappa shape index (κ3) is 4.22. The van der Waals surface area contributed by atoms with Crippen molar-refractivity contribution < 1.29 is 14.3 Å². The second-order valence-electron chi connectivity index (χ2n) is 7.23. The molecule has 0 bridgehead atoms. The summed E-state index contributed by atoms with van der Waals surface area (Å²) in [6, 6.07) is 20.3. The predicted molar refractivity (Wildman–Crippen MR) is 105 cm³/mol. The first kappa shape index (κ1) is 17.8. The Morgan fingerprint density at radius 2 is 1.67 bits per heavy atom. The lowest BCUT2D eigenvalue weighted by atomic mass is 9.85. The summed E-state index contributed by atoms with van der Waals surface area (Å²) in [5.74, 6) is 0. The zero-order chi connectivity index (χ0) is 18.5. The van der Waals surface area contributed by atoms with Crippen LogP contribution in [0.1, 0.15) is 30.4 Å². The first-order valence-electron chi connectivity index (χ1n) is 9.61. The monoisotopic (exact) mass is 363 g/mol. The number of piperidine rings is 1. The van der Waals surface area contributed by atoms with Crippen molar-refractivity contribution in [3.05, 3.63) is 77.9 Å². The summed E-state index contributed by atoms with van der Waals surface area (Å²) in [6.45, 7) is 2.37. The van der Waals surface area contributed by atoms with Gasteiger partial charge >= 0.3 is 6.09 Å². The minimum absolute atomic E-state index is 0.239. The summed E-state index contributed by atoms with van der Waals surface area (Å²) in [4.78, 5) is 14.2. The molecule has 1 saturated heterocycles. The standard InChI is InChI=1S/C23H25NO3/c25-22(26-18-19-7-3-1-4-8-19)24-14-12-23(13-15-24)17-21(11-16-27-23)20-9-5-2-6-10-20/h1-10,17H,11-16,18H2. The number of ether oxygens (including phenoxy) is 2. The molecule has 4 rings (SSSR count). The molecule has 1 amide bonds. The molecule has 0 radical (unpaired) electrons. The summed E-state index contributed by atoms with van der Waals surface area (Å²) in [6.07, 6.45) is 4.61. The van der Waals surface area contributed by atoms with E-state index in [-0.39, 0.29) is 11.7 Å². The molecule has 2 heterocycles. The number of hydrogen-bond donors (Lipinski definition) is 0. The molecule has 1 spiro atoms. The molecule has 0 aromatic heterocycles. The number of carbonyl (C=O) groups excluding carboxylic acids is 1. The van der Waals surface area contributed by atoms with E-state index < -0.39 is 0 Å². The van der Waals surface area contributed by atoms with Crippen molar-refractivity contribution in [2.75, 3.05) is 19.7 Å². The molecule has 0 aliphatic carbocycles. The Bertz CT molecular complexity index is 793. The highest BCUT2D eigenvalue weighted by Gasteiger charge is 2.37. The molecule has 4 heteroatoms. The smallest absolute Gasteiger partial charge is 0.410 e. The fraction of sp³-hybridized carbons (Fsp3) is 0.348. The topological polar surface area (TPSA) is 38.8 Å². The van der Waals surface area contributed by atoms with Gasteiger partial charge in [0.25, 0.3) is 0 Å². The van der Waals surface area contributed by atoms with Crippen molar-refractivity contribution in [1.82, 2.24) is 4.90 Å². The second-order valence-corrected chi connectivity index (χ2v) is 7.23. The van der Waals surface area contributed by atoms with E-state index in [2.05, 4.69) is 30.3 Å². The Kier molecular flexibility index (Phi) is 5.26. The molecular weight excluding hydrogens is 338 g/mol. The van der Waals surface area contributed by atoms with Crippen LogP contribution in [0.25, 0.3) is 5.57 Å². The van der Waals surface area contributed by atoms with Gasteiger partial charge in [0.15, 0.2) is 0 Å². The average molecular weight is 363 g/mol. The van der Waals surface area contributed by atoms with Gasteiger partial charge in [0.2, 0.25) is 0 Å². The van der Waals surface area contributed by atoms with Gasteiger partial charge in [-0.3, -0.25) is 0 Å². The molecule has 27 heavy (non-hydrogen) atoms.